The second kappa shape index (κ2) is 51.8. The van der Waals surface area contributed by atoms with E-state index in [4.69, 9.17) is 0 Å². The van der Waals surface area contributed by atoms with Crippen molar-refractivity contribution < 1.29 is 4.48 Å². The van der Waals surface area contributed by atoms with Crippen molar-refractivity contribution in [3.05, 3.63) is 72.4 Å². The Hall–Kier alpha value is -1.60. The van der Waals surface area contributed by atoms with Gasteiger partial charge in [0.2, 0.25) is 0 Å². The Labute approximate surface area is 410 Å². The minimum Gasteiger partial charge on any atom is -0.320 e. The number of quaternary nitrogens is 1. The fourth-order valence-electron chi connectivity index (χ4n) is 10.2. The summed E-state index contributed by atoms with van der Waals surface area (Å²) in [5, 5.41) is 0. The van der Waals surface area contributed by atoms with E-state index >= 15 is 0 Å². The second-order valence-electron chi connectivity index (χ2n) is 21.0. The van der Waals surface area contributed by atoms with Crippen LogP contribution >= 0.6 is 0 Å². The summed E-state index contributed by atoms with van der Waals surface area (Å²) in [5.74, 6) is 0. The predicted molar refractivity (Wildman–Crippen MR) is 297 cm³/mol. The monoisotopic (exact) mass is 901 g/mol. The van der Waals surface area contributed by atoms with Gasteiger partial charge < -0.3 is 4.48 Å². The molecule has 65 heavy (non-hydrogen) atoms. The molecule has 1 heteroatoms. The first kappa shape index (κ1) is 61.4. The van der Waals surface area contributed by atoms with Crippen molar-refractivity contribution >= 4 is 0 Å². The van der Waals surface area contributed by atoms with Gasteiger partial charge in [-0.2, -0.15) is 0 Å². The lowest BCUT2D eigenvalue weighted by Gasteiger charge is -2.39. The molecule has 0 radical (unpaired) electrons. The maximum atomic E-state index is 2.50. The summed E-state index contributed by atoms with van der Waals surface area (Å²) in [6.45, 7) is 12.3. The Morgan fingerprint density at radius 2 is 0.477 bits per heavy atom. The van der Waals surface area contributed by atoms with Crippen LogP contribution in [0.3, 0.4) is 0 Å². The molecule has 1 rings (SSSR count). The highest BCUT2D eigenvalue weighted by Gasteiger charge is 2.26. The van der Waals surface area contributed by atoms with Gasteiger partial charge >= 0.3 is 0 Å². The first-order valence-electron chi connectivity index (χ1n) is 30.1. The molecule has 1 nitrogen and oxygen atoms in total. The average Bonchev–Trinajstić information content (AvgIpc) is 3.32. The number of hydrogen-bond acceptors (Lipinski definition) is 0. The minimum absolute atomic E-state index is 1.23. The van der Waals surface area contributed by atoms with Crippen molar-refractivity contribution in [1.82, 2.24) is 0 Å². The third kappa shape index (κ3) is 44.7. The molecule has 378 valence electrons. The highest BCUT2D eigenvalue weighted by atomic mass is 15.3. The Morgan fingerprint density at radius 1 is 0.262 bits per heavy atom. The van der Waals surface area contributed by atoms with E-state index in [0.717, 1.165) is 0 Å². The smallest absolute Gasteiger partial charge is 0.104 e. The zero-order valence-corrected chi connectivity index (χ0v) is 44.9. The average molecular weight is 902 g/mol. The number of unbranched alkanes of at least 4 members (excludes halogenated alkanes) is 39. The fraction of sp³-hybridized carbons (Fsp3) is 0.812. The minimum atomic E-state index is 1.23. The SMILES string of the molecule is CCCCCCCCCCC/C=C/CCCCCC[N+](CCCCCC/C=C/CCCCCCCCCCC)(CCCCCC/C=C/CCCCCCCCCCC)Cc1ccccc1. The molecule has 0 N–H and O–H groups in total. The van der Waals surface area contributed by atoms with Crippen LogP contribution in [0.2, 0.25) is 0 Å². The van der Waals surface area contributed by atoms with Gasteiger partial charge in [0, 0.05) is 5.56 Å². The van der Waals surface area contributed by atoms with Crippen LogP contribution in [0.5, 0.6) is 0 Å². The summed E-state index contributed by atoms with van der Waals surface area (Å²) in [6, 6.07) is 11.6. The lowest BCUT2D eigenvalue weighted by atomic mass is 10.0. The van der Waals surface area contributed by atoms with E-state index in [0.29, 0.717) is 0 Å². The highest BCUT2D eigenvalue weighted by molar-refractivity contribution is 5.13. The van der Waals surface area contributed by atoms with E-state index in [9.17, 15) is 0 Å². The van der Waals surface area contributed by atoms with Gasteiger partial charge in [-0.25, -0.2) is 0 Å². The van der Waals surface area contributed by atoms with E-state index in [-0.39, 0.29) is 0 Å². The third-order valence-electron chi connectivity index (χ3n) is 14.5. The molecule has 1 aromatic rings. The van der Waals surface area contributed by atoms with Gasteiger partial charge in [-0.3, -0.25) is 0 Å². The molecule has 0 aliphatic heterocycles. The number of rotatable bonds is 53. The summed E-state index contributed by atoms with van der Waals surface area (Å²) in [7, 11) is 0. The van der Waals surface area contributed by atoms with Gasteiger partial charge in [0.25, 0.3) is 0 Å². The topological polar surface area (TPSA) is 0 Å². The van der Waals surface area contributed by atoms with Crippen molar-refractivity contribution in [3.8, 4) is 0 Å². The molecule has 0 heterocycles. The standard InChI is InChI=1S/C64H118N/c1-4-7-10-13-16-19-22-25-28-31-34-37-40-43-46-49-55-60-65(63-64-58-53-52-54-59-64,61-56-50-47-44-41-38-35-32-29-26-23-20-17-14-11-8-5-2)62-57-51-48-45-42-39-36-33-30-27-24-21-18-15-12-9-6-3/h34-39,52-54,58-59H,4-33,40-51,55-57,60-63H2,1-3H3/q+1/b37-34+,38-35+,39-36+. The molecular weight excluding hydrogens is 783 g/mol. The molecule has 0 aliphatic rings. The van der Waals surface area contributed by atoms with Crippen LogP contribution in [0.4, 0.5) is 0 Å². The molecular formula is C64H118N+. The van der Waals surface area contributed by atoms with Gasteiger partial charge in [-0.05, 0) is 116 Å². The van der Waals surface area contributed by atoms with Crippen molar-refractivity contribution in [3.63, 3.8) is 0 Å². The molecule has 0 saturated carbocycles. The molecule has 0 spiro atoms. The van der Waals surface area contributed by atoms with E-state index in [2.05, 4.69) is 87.6 Å². The molecule has 0 unspecified atom stereocenters. The Morgan fingerprint density at radius 3 is 0.723 bits per heavy atom. The van der Waals surface area contributed by atoms with Crippen LogP contribution in [0.15, 0.2) is 66.8 Å². The van der Waals surface area contributed by atoms with E-state index in [1.54, 1.807) is 5.56 Å². The lowest BCUT2D eigenvalue weighted by Crippen LogP contribution is -2.49. The largest absolute Gasteiger partial charge is 0.320 e. The van der Waals surface area contributed by atoms with Crippen LogP contribution in [0.25, 0.3) is 0 Å². The Kier molecular flexibility index (Phi) is 48.9. The van der Waals surface area contributed by atoms with Crippen molar-refractivity contribution in [2.24, 2.45) is 0 Å². The number of hydrogen-bond donors (Lipinski definition) is 0. The quantitative estimate of drug-likeness (QED) is 0.0347. The van der Waals surface area contributed by atoms with Crippen LogP contribution in [0, 0.1) is 0 Å². The van der Waals surface area contributed by atoms with Gasteiger partial charge in [-0.1, -0.05) is 261 Å². The summed E-state index contributed by atoms with van der Waals surface area (Å²) in [6.07, 6.45) is 77.9. The van der Waals surface area contributed by atoms with Crippen molar-refractivity contribution in [2.75, 3.05) is 19.6 Å². The zero-order chi connectivity index (χ0) is 46.5. The molecule has 0 aromatic heterocycles. The lowest BCUT2D eigenvalue weighted by molar-refractivity contribution is -0.941. The van der Waals surface area contributed by atoms with Crippen LogP contribution < -0.4 is 0 Å². The van der Waals surface area contributed by atoms with Gasteiger partial charge in [0.05, 0.1) is 19.6 Å². The van der Waals surface area contributed by atoms with Crippen LogP contribution in [-0.2, 0) is 6.54 Å². The molecule has 0 fully saturated rings. The van der Waals surface area contributed by atoms with Crippen LogP contribution in [-0.4, -0.2) is 24.1 Å². The second-order valence-corrected chi connectivity index (χ2v) is 21.0. The fourth-order valence-corrected chi connectivity index (χ4v) is 10.2. The van der Waals surface area contributed by atoms with Crippen LogP contribution in [0.1, 0.15) is 315 Å². The number of allylic oxidation sites excluding steroid dienone is 6. The summed E-state index contributed by atoms with van der Waals surface area (Å²) >= 11 is 0. The zero-order valence-electron chi connectivity index (χ0n) is 44.9. The van der Waals surface area contributed by atoms with Crippen molar-refractivity contribution in [1.29, 1.82) is 0 Å². The number of nitrogens with zero attached hydrogens (tertiary/aromatic N) is 1. The van der Waals surface area contributed by atoms with E-state index in [1.807, 2.05) is 0 Å². The predicted octanol–water partition coefficient (Wildman–Crippen LogP) is 22.3. The highest BCUT2D eigenvalue weighted by Crippen LogP contribution is 2.23. The molecule has 1 aromatic carbocycles. The maximum Gasteiger partial charge on any atom is 0.104 e. The first-order chi connectivity index (χ1) is 32.3. The third-order valence-corrected chi connectivity index (χ3v) is 14.5. The molecule has 0 amide bonds. The van der Waals surface area contributed by atoms with E-state index in [1.165, 1.54) is 320 Å². The number of benzene rings is 1. The molecule has 0 saturated heterocycles. The molecule has 0 aliphatic carbocycles. The van der Waals surface area contributed by atoms with Gasteiger partial charge in [0.1, 0.15) is 6.54 Å². The summed E-state index contributed by atoms with van der Waals surface area (Å²) < 4.78 is 1.32. The van der Waals surface area contributed by atoms with Gasteiger partial charge in [-0.15, -0.1) is 0 Å². The normalized spacial score (nSPS) is 12.3. The van der Waals surface area contributed by atoms with Crippen molar-refractivity contribution in [2.45, 2.75) is 316 Å². The maximum absolute atomic E-state index is 2.50. The Bertz CT molecular complexity index is 1010. The molecule has 0 atom stereocenters. The first-order valence-corrected chi connectivity index (χ1v) is 30.1. The molecule has 0 bridgehead atoms. The van der Waals surface area contributed by atoms with Gasteiger partial charge in [0.15, 0.2) is 0 Å². The summed E-state index contributed by atoms with van der Waals surface area (Å²) in [5.41, 5.74) is 1.55. The van der Waals surface area contributed by atoms with E-state index < -0.39 is 0 Å². The summed E-state index contributed by atoms with van der Waals surface area (Å²) in [4.78, 5) is 0. The Balaban J connectivity index is 2.51.